The molecule has 0 aliphatic heterocycles. The summed E-state index contributed by atoms with van der Waals surface area (Å²) in [4.78, 5) is 11.3. The van der Waals surface area contributed by atoms with E-state index in [-0.39, 0.29) is 5.56 Å². The Morgan fingerprint density at radius 3 is 2.36 bits per heavy atom. The standard InChI is InChI=1S/C21H19F3O/c1-2-3-4-5-14-6-8-15(9-7-14)17-12-16-10-11-19(25)21(23,24)20(16)18(22)13-17/h6-13H,2-5H2,1H3. The Morgan fingerprint density at radius 2 is 1.68 bits per heavy atom. The second-order valence-electron chi connectivity index (χ2n) is 6.35. The van der Waals surface area contributed by atoms with Gasteiger partial charge in [-0.1, -0.05) is 50.1 Å². The van der Waals surface area contributed by atoms with Crippen molar-refractivity contribution in [3.8, 4) is 11.1 Å². The number of allylic oxidation sites excluding steroid dienone is 1. The van der Waals surface area contributed by atoms with Crippen LogP contribution in [0.15, 0.2) is 42.5 Å². The molecule has 0 aromatic heterocycles. The molecule has 1 aliphatic rings. The number of hydrogen-bond acceptors (Lipinski definition) is 1. The van der Waals surface area contributed by atoms with Crippen molar-refractivity contribution in [2.75, 3.05) is 0 Å². The topological polar surface area (TPSA) is 17.1 Å². The number of rotatable bonds is 5. The van der Waals surface area contributed by atoms with Crippen molar-refractivity contribution in [3.63, 3.8) is 0 Å². The van der Waals surface area contributed by atoms with Crippen LogP contribution in [0.1, 0.15) is 42.9 Å². The first kappa shape index (κ1) is 17.5. The first-order valence-electron chi connectivity index (χ1n) is 8.47. The Balaban J connectivity index is 1.92. The van der Waals surface area contributed by atoms with Crippen molar-refractivity contribution < 1.29 is 18.0 Å². The lowest BCUT2D eigenvalue weighted by atomic mass is 9.89. The molecule has 2 aromatic rings. The van der Waals surface area contributed by atoms with Crippen molar-refractivity contribution in [1.29, 1.82) is 0 Å². The highest BCUT2D eigenvalue weighted by molar-refractivity contribution is 6.03. The molecule has 0 bridgehead atoms. The summed E-state index contributed by atoms with van der Waals surface area (Å²) in [5.74, 6) is -6.25. The lowest BCUT2D eigenvalue weighted by Crippen LogP contribution is -2.29. The van der Waals surface area contributed by atoms with Gasteiger partial charge < -0.3 is 0 Å². The van der Waals surface area contributed by atoms with Gasteiger partial charge in [-0.3, -0.25) is 4.79 Å². The summed E-state index contributed by atoms with van der Waals surface area (Å²) >= 11 is 0. The van der Waals surface area contributed by atoms with Crippen LogP contribution in [-0.4, -0.2) is 5.78 Å². The Hall–Kier alpha value is -2.36. The number of unbranched alkanes of at least 4 members (excludes halogenated alkanes) is 2. The SMILES string of the molecule is CCCCCc1ccc(-c2cc(F)c3c(c2)C=CC(=O)C3(F)F)cc1. The first-order chi connectivity index (χ1) is 11.9. The Labute approximate surface area is 145 Å². The molecule has 0 atom stereocenters. The molecule has 0 fully saturated rings. The smallest absolute Gasteiger partial charge is 0.288 e. The maximum atomic E-state index is 14.3. The normalized spacial score (nSPS) is 15.3. The monoisotopic (exact) mass is 344 g/mol. The van der Waals surface area contributed by atoms with Crippen LogP contribution in [-0.2, 0) is 17.1 Å². The minimum atomic E-state index is -3.81. The van der Waals surface area contributed by atoms with Crippen LogP contribution in [0.3, 0.4) is 0 Å². The molecule has 0 heterocycles. The van der Waals surface area contributed by atoms with Gasteiger partial charge in [0.1, 0.15) is 5.82 Å². The van der Waals surface area contributed by atoms with Gasteiger partial charge in [0.05, 0.1) is 5.56 Å². The third-order valence-corrected chi connectivity index (χ3v) is 4.51. The molecule has 0 spiro atoms. The van der Waals surface area contributed by atoms with Gasteiger partial charge in [0.15, 0.2) is 0 Å². The molecular weight excluding hydrogens is 325 g/mol. The van der Waals surface area contributed by atoms with E-state index in [4.69, 9.17) is 0 Å². The van der Waals surface area contributed by atoms with Crippen LogP contribution in [0.25, 0.3) is 17.2 Å². The van der Waals surface area contributed by atoms with Gasteiger partial charge in [0.2, 0.25) is 5.78 Å². The molecule has 0 amide bonds. The summed E-state index contributed by atoms with van der Waals surface area (Å²) in [5, 5.41) is 0. The highest BCUT2D eigenvalue weighted by Crippen LogP contribution is 2.40. The number of aryl methyl sites for hydroxylation is 1. The van der Waals surface area contributed by atoms with Gasteiger partial charge in [-0.15, -0.1) is 0 Å². The fourth-order valence-electron chi connectivity index (χ4n) is 3.09. The largest absolute Gasteiger partial charge is 0.337 e. The molecule has 3 rings (SSSR count). The average Bonchev–Trinajstić information content (AvgIpc) is 2.58. The van der Waals surface area contributed by atoms with Crippen LogP contribution in [0, 0.1) is 5.82 Å². The molecule has 130 valence electrons. The quantitative estimate of drug-likeness (QED) is 0.616. The number of benzene rings is 2. The van der Waals surface area contributed by atoms with E-state index in [2.05, 4.69) is 6.92 Å². The minimum absolute atomic E-state index is 0.0478. The summed E-state index contributed by atoms with van der Waals surface area (Å²) in [6.07, 6.45) is 6.51. The number of carbonyl (C=O) groups excluding carboxylic acids is 1. The maximum absolute atomic E-state index is 14.3. The van der Waals surface area contributed by atoms with E-state index in [1.54, 1.807) is 0 Å². The predicted octanol–water partition coefficient (Wildman–Crippen LogP) is 5.91. The third kappa shape index (κ3) is 3.39. The van der Waals surface area contributed by atoms with E-state index < -0.39 is 23.1 Å². The molecule has 2 aromatic carbocycles. The van der Waals surface area contributed by atoms with Crippen LogP contribution >= 0.6 is 0 Å². The molecule has 1 nitrogen and oxygen atoms in total. The van der Waals surface area contributed by atoms with Crippen LogP contribution < -0.4 is 0 Å². The van der Waals surface area contributed by atoms with Gasteiger partial charge >= 0.3 is 5.92 Å². The molecule has 0 radical (unpaired) electrons. The lowest BCUT2D eigenvalue weighted by molar-refractivity contribution is -0.139. The van der Waals surface area contributed by atoms with Gasteiger partial charge in [-0.05, 0) is 53.3 Å². The van der Waals surface area contributed by atoms with E-state index in [1.807, 2.05) is 24.3 Å². The molecular formula is C21H19F3O. The summed E-state index contributed by atoms with van der Waals surface area (Å²) in [6.45, 7) is 2.15. The summed E-state index contributed by atoms with van der Waals surface area (Å²) < 4.78 is 42.2. The first-order valence-corrected chi connectivity index (χ1v) is 8.47. The van der Waals surface area contributed by atoms with E-state index in [0.717, 1.165) is 37.0 Å². The zero-order valence-corrected chi connectivity index (χ0v) is 14.0. The Morgan fingerprint density at radius 1 is 0.960 bits per heavy atom. The Kier molecular flexibility index (Phi) is 4.80. The summed E-state index contributed by atoms with van der Waals surface area (Å²) in [7, 11) is 0. The zero-order valence-electron chi connectivity index (χ0n) is 14.0. The number of ketones is 1. The summed E-state index contributed by atoms with van der Waals surface area (Å²) in [6, 6.07) is 10.3. The molecule has 25 heavy (non-hydrogen) atoms. The van der Waals surface area contributed by atoms with E-state index in [0.29, 0.717) is 5.56 Å². The number of fused-ring (bicyclic) bond motifs is 1. The van der Waals surface area contributed by atoms with Gasteiger partial charge in [0, 0.05) is 0 Å². The van der Waals surface area contributed by atoms with Crippen LogP contribution in [0.4, 0.5) is 13.2 Å². The fourth-order valence-corrected chi connectivity index (χ4v) is 3.09. The van der Waals surface area contributed by atoms with Gasteiger partial charge in [-0.2, -0.15) is 8.78 Å². The highest BCUT2D eigenvalue weighted by Gasteiger charge is 2.45. The van der Waals surface area contributed by atoms with Crippen LogP contribution in [0.5, 0.6) is 0 Å². The van der Waals surface area contributed by atoms with Crippen molar-refractivity contribution in [3.05, 3.63) is 65.0 Å². The summed E-state index contributed by atoms with van der Waals surface area (Å²) in [5.41, 5.74) is 1.69. The molecule has 0 saturated carbocycles. The average molecular weight is 344 g/mol. The molecule has 4 heteroatoms. The maximum Gasteiger partial charge on any atom is 0.337 e. The second kappa shape index (κ2) is 6.87. The number of halogens is 3. The number of hydrogen-bond donors (Lipinski definition) is 0. The van der Waals surface area contributed by atoms with Crippen LogP contribution in [0.2, 0.25) is 0 Å². The van der Waals surface area contributed by atoms with Gasteiger partial charge in [0.25, 0.3) is 0 Å². The lowest BCUT2D eigenvalue weighted by Gasteiger charge is -2.21. The van der Waals surface area contributed by atoms with Crippen molar-refractivity contribution in [2.24, 2.45) is 0 Å². The van der Waals surface area contributed by atoms with Gasteiger partial charge in [-0.25, -0.2) is 4.39 Å². The number of carbonyl (C=O) groups is 1. The molecule has 0 saturated heterocycles. The van der Waals surface area contributed by atoms with Crippen molar-refractivity contribution in [1.82, 2.24) is 0 Å². The molecule has 1 aliphatic carbocycles. The fraction of sp³-hybridized carbons (Fsp3) is 0.286. The number of alkyl halides is 2. The van der Waals surface area contributed by atoms with Crippen molar-refractivity contribution >= 4 is 11.9 Å². The Bertz CT molecular complexity index is 820. The highest BCUT2D eigenvalue weighted by atomic mass is 19.3. The van der Waals surface area contributed by atoms with E-state index in [9.17, 15) is 18.0 Å². The van der Waals surface area contributed by atoms with E-state index in [1.165, 1.54) is 24.1 Å². The minimum Gasteiger partial charge on any atom is -0.288 e. The third-order valence-electron chi connectivity index (χ3n) is 4.51. The van der Waals surface area contributed by atoms with Crippen molar-refractivity contribution in [2.45, 2.75) is 38.5 Å². The van der Waals surface area contributed by atoms with E-state index >= 15 is 0 Å². The molecule has 0 unspecified atom stereocenters. The second-order valence-corrected chi connectivity index (χ2v) is 6.35. The predicted molar refractivity (Wildman–Crippen MR) is 93.0 cm³/mol. The molecule has 0 N–H and O–H groups in total. The zero-order chi connectivity index (χ0) is 18.0.